The number of anilines is 2. The van der Waals surface area contributed by atoms with Gasteiger partial charge in [-0.2, -0.15) is 0 Å². The van der Waals surface area contributed by atoms with Gasteiger partial charge in [0, 0.05) is 5.69 Å². The number of benzene rings is 3. The fourth-order valence-corrected chi connectivity index (χ4v) is 3.46. The molecule has 3 aromatic carbocycles. The van der Waals surface area contributed by atoms with Crippen molar-refractivity contribution in [3.05, 3.63) is 101 Å². The van der Waals surface area contributed by atoms with Crippen molar-refractivity contribution in [3.63, 3.8) is 0 Å². The molecule has 4 rings (SSSR count). The molecule has 0 saturated heterocycles. The minimum Gasteiger partial charge on any atom is -0.350 e. The van der Waals surface area contributed by atoms with Gasteiger partial charge < -0.3 is 5.32 Å². The summed E-state index contributed by atoms with van der Waals surface area (Å²) in [6.07, 6.45) is 0. The number of imide groups is 1. The molecule has 0 saturated carbocycles. The molecule has 2 amide bonds. The fourth-order valence-electron chi connectivity index (χ4n) is 3.46. The average Bonchev–Trinajstić information content (AvgIpc) is 2.94. The second-order valence-electron chi connectivity index (χ2n) is 6.84. The van der Waals surface area contributed by atoms with Gasteiger partial charge in [0.2, 0.25) is 0 Å². The summed E-state index contributed by atoms with van der Waals surface area (Å²) in [7, 11) is 0. The molecule has 3 aromatic rings. The molecule has 4 heteroatoms. The molecule has 1 N–H and O–H groups in total. The van der Waals surface area contributed by atoms with Gasteiger partial charge in [-0.3, -0.25) is 9.59 Å². The summed E-state index contributed by atoms with van der Waals surface area (Å²) >= 11 is 0. The van der Waals surface area contributed by atoms with Gasteiger partial charge in [0.25, 0.3) is 11.8 Å². The average molecular weight is 368 g/mol. The Balaban J connectivity index is 1.84. The summed E-state index contributed by atoms with van der Waals surface area (Å²) < 4.78 is 0. The quantitative estimate of drug-likeness (QED) is 0.679. The molecule has 0 spiro atoms. The Hall–Kier alpha value is -3.66. The van der Waals surface area contributed by atoms with Crippen LogP contribution in [0.4, 0.5) is 11.4 Å². The summed E-state index contributed by atoms with van der Waals surface area (Å²) in [4.78, 5) is 28.0. The lowest BCUT2D eigenvalue weighted by Crippen LogP contribution is -2.33. The van der Waals surface area contributed by atoms with E-state index >= 15 is 0 Å². The van der Waals surface area contributed by atoms with Crippen LogP contribution in [0.25, 0.3) is 5.57 Å². The Bertz CT molecular complexity index is 1090. The maximum atomic E-state index is 13.4. The van der Waals surface area contributed by atoms with Crippen molar-refractivity contribution >= 4 is 28.8 Å². The lowest BCUT2D eigenvalue weighted by Gasteiger charge is -2.18. The number of carbonyl (C=O) groups excluding carboxylic acids is 2. The summed E-state index contributed by atoms with van der Waals surface area (Å²) in [5.41, 5.74) is 4.73. The van der Waals surface area contributed by atoms with E-state index in [1.54, 1.807) is 0 Å². The molecule has 0 aromatic heterocycles. The zero-order chi connectivity index (χ0) is 19.7. The second kappa shape index (κ2) is 7.16. The standard InChI is InChI=1S/C24H20N2O2/c1-16-13-14-20(17(2)15-16)26-23(27)21(18-9-5-3-6-10-18)22(24(26)28)25-19-11-7-4-8-12-19/h3-15,25H,1-2H3. The third kappa shape index (κ3) is 3.09. The Morgan fingerprint density at radius 2 is 1.39 bits per heavy atom. The van der Waals surface area contributed by atoms with Gasteiger partial charge in [-0.15, -0.1) is 0 Å². The number of nitrogens with zero attached hydrogens (tertiary/aromatic N) is 1. The van der Waals surface area contributed by atoms with Crippen LogP contribution < -0.4 is 10.2 Å². The number of para-hydroxylation sites is 1. The van der Waals surface area contributed by atoms with Gasteiger partial charge in [0.05, 0.1) is 11.3 Å². The molecule has 1 aliphatic rings. The minimum atomic E-state index is -0.348. The van der Waals surface area contributed by atoms with E-state index in [1.165, 1.54) is 4.90 Å². The first kappa shape index (κ1) is 17.7. The smallest absolute Gasteiger partial charge is 0.282 e. The zero-order valence-corrected chi connectivity index (χ0v) is 15.8. The Kier molecular flexibility index (Phi) is 4.53. The number of hydrogen-bond donors (Lipinski definition) is 1. The fraction of sp³-hybridized carbons (Fsp3) is 0.0833. The predicted octanol–water partition coefficient (Wildman–Crippen LogP) is 4.70. The van der Waals surface area contributed by atoms with Crippen molar-refractivity contribution in [1.82, 2.24) is 0 Å². The van der Waals surface area contributed by atoms with Crippen molar-refractivity contribution in [2.24, 2.45) is 0 Å². The van der Waals surface area contributed by atoms with E-state index in [2.05, 4.69) is 5.32 Å². The minimum absolute atomic E-state index is 0.294. The van der Waals surface area contributed by atoms with E-state index in [4.69, 9.17) is 0 Å². The molecule has 0 radical (unpaired) electrons. The van der Waals surface area contributed by atoms with Crippen LogP contribution in [0, 0.1) is 13.8 Å². The number of amides is 2. The molecule has 0 aliphatic carbocycles. The van der Waals surface area contributed by atoms with Gasteiger partial charge in [-0.1, -0.05) is 66.2 Å². The van der Waals surface area contributed by atoms with Crippen LogP contribution in [0.5, 0.6) is 0 Å². The molecular weight excluding hydrogens is 348 g/mol. The van der Waals surface area contributed by atoms with Crippen molar-refractivity contribution in [3.8, 4) is 0 Å². The number of nitrogens with one attached hydrogen (secondary N) is 1. The van der Waals surface area contributed by atoms with Crippen molar-refractivity contribution in [2.75, 3.05) is 10.2 Å². The van der Waals surface area contributed by atoms with Crippen LogP contribution >= 0.6 is 0 Å². The molecule has 0 unspecified atom stereocenters. The van der Waals surface area contributed by atoms with E-state index < -0.39 is 0 Å². The first-order valence-electron chi connectivity index (χ1n) is 9.14. The van der Waals surface area contributed by atoms with Gasteiger partial charge in [-0.05, 0) is 43.2 Å². The molecule has 4 nitrogen and oxygen atoms in total. The van der Waals surface area contributed by atoms with E-state index in [0.717, 1.165) is 16.8 Å². The van der Waals surface area contributed by atoms with E-state index in [9.17, 15) is 9.59 Å². The molecule has 28 heavy (non-hydrogen) atoms. The third-order valence-electron chi connectivity index (χ3n) is 4.78. The summed E-state index contributed by atoms with van der Waals surface area (Å²) in [6, 6.07) is 24.4. The van der Waals surface area contributed by atoms with Crippen LogP contribution in [0.2, 0.25) is 0 Å². The largest absolute Gasteiger partial charge is 0.350 e. The lowest BCUT2D eigenvalue weighted by molar-refractivity contribution is -0.120. The molecular formula is C24H20N2O2. The highest BCUT2D eigenvalue weighted by Gasteiger charge is 2.40. The van der Waals surface area contributed by atoms with Crippen molar-refractivity contribution in [1.29, 1.82) is 0 Å². The molecule has 138 valence electrons. The lowest BCUT2D eigenvalue weighted by atomic mass is 10.0. The molecule has 0 bridgehead atoms. The predicted molar refractivity (Wildman–Crippen MR) is 112 cm³/mol. The molecule has 0 atom stereocenters. The number of rotatable bonds is 4. The normalized spacial score (nSPS) is 14.0. The first-order valence-corrected chi connectivity index (χ1v) is 9.14. The van der Waals surface area contributed by atoms with Crippen LogP contribution in [0.1, 0.15) is 16.7 Å². The van der Waals surface area contributed by atoms with E-state index in [-0.39, 0.29) is 11.8 Å². The second-order valence-corrected chi connectivity index (χ2v) is 6.84. The van der Waals surface area contributed by atoms with Crippen molar-refractivity contribution in [2.45, 2.75) is 13.8 Å². The number of hydrogen-bond acceptors (Lipinski definition) is 3. The monoisotopic (exact) mass is 368 g/mol. The summed E-state index contributed by atoms with van der Waals surface area (Å²) in [5, 5.41) is 3.17. The highest BCUT2D eigenvalue weighted by atomic mass is 16.2. The van der Waals surface area contributed by atoms with Crippen LogP contribution in [-0.4, -0.2) is 11.8 Å². The van der Waals surface area contributed by atoms with Gasteiger partial charge >= 0.3 is 0 Å². The Morgan fingerprint density at radius 1 is 0.750 bits per heavy atom. The maximum absolute atomic E-state index is 13.4. The molecule has 0 fully saturated rings. The van der Waals surface area contributed by atoms with Gasteiger partial charge in [0.1, 0.15) is 5.70 Å². The highest BCUT2D eigenvalue weighted by Crippen LogP contribution is 2.35. The molecule has 1 aliphatic heterocycles. The van der Waals surface area contributed by atoms with Crippen LogP contribution in [-0.2, 0) is 9.59 Å². The van der Waals surface area contributed by atoms with Crippen LogP contribution in [0.3, 0.4) is 0 Å². The topological polar surface area (TPSA) is 49.4 Å². The Morgan fingerprint density at radius 3 is 2.04 bits per heavy atom. The maximum Gasteiger partial charge on any atom is 0.282 e. The van der Waals surface area contributed by atoms with Crippen LogP contribution in [0.15, 0.2) is 84.6 Å². The van der Waals surface area contributed by atoms with Gasteiger partial charge in [-0.25, -0.2) is 4.90 Å². The number of carbonyl (C=O) groups is 2. The third-order valence-corrected chi connectivity index (χ3v) is 4.78. The zero-order valence-electron chi connectivity index (χ0n) is 15.8. The van der Waals surface area contributed by atoms with E-state index in [0.29, 0.717) is 22.5 Å². The van der Waals surface area contributed by atoms with E-state index in [1.807, 2.05) is 92.7 Å². The number of aryl methyl sites for hydroxylation is 2. The summed E-state index contributed by atoms with van der Waals surface area (Å²) in [6.45, 7) is 3.90. The summed E-state index contributed by atoms with van der Waals surface area (Å²) in [5.74, 6) is -0.666. The first-order chi connectivity index (χ1) is 13.6. The highest BCUT2D eigenvalue weighted by molar-refractivity contribution is 6.46. The molecule has 1 heterocycles. The Labute approximate surface area is 164 Å². The van der Waals surface area contributed by atoms with Gasteiger partial charge in [0.15, 0.2) is 0 Å². The van der Waals surface area contributed by atoms with Crippen molar-refractivity contribution < 1.29 is 9.59 Å². The SMILES string of the molecule is Cc1ccc(N2C(=O)C(Nc3ccccc3)=C(c3ccccc3)C2=O)c(C)c1.